The van der Waals surface area contributed by atoms with Gasteiger partial charge in [0.2, 0.25) is 5.91 Å². The number of carbonyl (C=O) groups excluding carboxylic acids is 1. The normalized spacial score (nSPS) is 23.3. The molecule has 0 saturated carbocycles. The predicted molar refractivity (Wildman–Crippen MR) is 76.2 cm³/mol. The van der Waals surface area contributed by atoms with Gasteiger partial charge in [0.05, 0.1) is 12.6 Å². The van der Waals surface area contributed by atoms with Crippen LogP contribution in [0.5, 0.6) is 0 Å². The molecule has 4 nitrogen and oxygen atoms in total. The van der Waals surface area contributed by atoms with Crippen LogP contribution in [0.25, 0.3) is 0 Å². The summed E-state index contributed by atoms with van der Waals surface area (Å²) in [5.41, 5.74) is 0. The molecule has 19 heavy (non-hydrogen) atoms. The van der Waals surface area contributed by atoms with Crippen molar-refractivity contribution in [2.45, 2.75) is 31.8 Å². The highest BCUT2D eigenvalue weighted by molar-refractivity contribution is 6.29. The van der Waals surface area contributed by atoms with E-state index in [9.17, 15) is 4.79 Å². The van der Waals surface area contributed by atoms with Crippen molar-refractivity contribution in [3.05, 3.63) is 11.6 Å². The highest BCUT2D eigenvalue weighted by Gasteiger charge is 2.24. The third-order valence-electron chi connectivity index (χ3n) is 3.70. The third-order valence-corrected chi connectivity index (χ3v) is 3.82. The van der Waals surface area contributed by atoms with E-state index in [1.54, 1.807) is 0 Å². The van der Waals surface area contributed by atoms with Gasteiger partial charge in [0.1, 0.15) is 0 Å². The Morgan fingerprint density at radius 1 is 1.32 bits per heavy atom. The van der Waals surface area contributed by atoms with Crippen molar-refractivity contribution in [2.75, 3.05) is 39.3 Å². The second-order valence-electron chi connectivity index (χ2n) is 5.41. The van der Waals surface area contributed by atoms with Crippen LogP contribution < -0.4 is 0 Å². The molecular formula is C14H23ClN2O2. The van der Waals surface area contributed by atoms with Gasteiger partial charge in [0, 0.05) is 37.8 Å². The molecule has 2 heterocycles. The van der Waals surface area contributed by atoms with E-state index in [0.29, 0.717) is 18.1 Å². The van der Waals surface area contributed by atoms with Crippen LogP contribution in [-0.2, 0) is 9.53 Å². The molecule has 1 amide bonds. The van der Waals surface area contributed by atoms with E-state index >= 15 is 0 Å². The highest BCUT2D eigenvalue weighted by atomic mass is 35.5. The Bertz CT molecular complexity index is 323. The average molecular weight is 287 g/mol. The summed E-state index contributed by atoms with van der Waals surface area (Å²) >= 11 is 5.90. The van der Waals surface area contributed by atoms with E-state index in [1.807, 2.05) is 4.90 Å². The van der Waals surface area contributed by atoms with E-state index in [1.165, 1.54) is 0 Å². The number of amides is 1. The van der Waals surface area contributed by atoms with Gasteiger partial charge in [-0.3, -0.25) is 9.69 Å². The van der Waals surface area contributed by atoms with E-state index in [-0.39, 0.29) is 12.0 Å². The van der Waals surface area contributed by atoms with Crippen LogP contribution in [0.15, 0.2) is 11.6 Å². The molecule has 0 spiro atoms. The zero-order chi connectivity index (χ0) is 13.7. The van der Waals surface area contributed by atoms with Crippen LogP contribution in [0.3, 0.4) is 0 Å². The summed E-state index contributed by atoms with van der Waals surface area (Å²) in [6, 6.07) is 0. The molecule has 0 unspecified atom stereocenters. The Balaban J connectivity index is 1.84. The molecule has 0 N–H and O–H groups in total. The Labute approximate surface area is 120 Å². The van der Waals surface area contributed by atoms with Gasteiger partial charge in [0.25, 0.3) is 0 Å². The average Bonchev–Trinajstić information content (AvgIpc) is 3.00. The summed E-state index contributed by atoms with van der Waals surface area (Å²) in [6.45, 7) is 8.11. The first-order chi connectivity index (χ1) is 9.15. The van der Waals surface area contributed by atoms with Crippen molar-refractivity contribution in [2.24, 2.45) is 0 Å². The highest BCUT2D eigenvalue weighted by Crippen LogP contribution is 2.15. The van der Waals surface area contributed by atoms with Gasteiger partial charge in [-0.15, -0.1) is 0 Å². The van der Waals surface area contributed by atoms with Gasteiger partial charge in [-0.25, -0.2) is 0 Å². The second kappa shape index (κ2) is 7.27. The van der Waals surface area contributed by atoms with E-state index in [4.69, 9.17) is 16.3 Å². The molecule has 0 aliphatic carbocycles. The monoisotopic (exact) mass is 286 g/mol. The number of hydrogen-bond donors (Lipinski definition) is 0. The molecular weight excluding hydrogens is 264 g/mol. The molecule has 1 atom stereocenters. The zero-order valence-electron chi connectivity index (χ0n) is 11.4. The minimum absolute atomic E-state index is 0.202. The largest absolute Gasteiger partial charge is 0.377 e. The first-order valence-corrected chi connectivity index (χ1v) is 7.48. The summed E-state index contributed by atoms with van der Waals surface area (Å²) in [5, 5.41) is 0.576. The number of rotatable bonds is 6. The topological polar surface area (TPSA) is 32.8 Å². The van der Waals surface area contributed by atoms with E-state index in [0.717, 1.165) is 51.9 Å². The van der Waals surface area contributed by atoms with Gasteiger partial charge in [-0.2, -0.15) is 0 Å². The molecule has 108 valence electrons. The first kappa shape index (κ1) is 14.8. The molecule has 0 aromatic rings. The SMILES string of the molecule is C=C(Cl)CN(CC(=O)N1CCCC1)C[C@@H]1CCCO1. The van der Waals surface area contributed by atoms with Crippen molar-refractivity contribution in [3.63, 3.8) is 0 Å². The van der Waals surface area contributed by atoms with Crippen molar-refractivity contribution < 1.29 is 9.53 Å². The molecule has 2 aliphatic rings. The quantitative estimate of drug-likeness (QED) is 0.747. The van der Waals surface area contributed by atoms with Gasteiger partial charge in [0.15, 0.2) is 0 Å². The van der Waals surface area contributed by atoms with Crippen molar-refractivity contribution in [1.29, 1.82) is 0 Å². The number of ether oxygens (including phenoxy) is 1. The van der Waals surface area contributed by atoms with Gasteiger partial charge < -0.3 is 9.64 Å². The molecule has 2 rings (SSSR count). The maximum absolute atomic E-state index is 12.2. The second-order valence-corrected chi connectivity index (χ2v) is 5.94. The lowest BCUT2D eigenvalue weighted by Gasteiger charge is -2.26. The Kier molecular flexibility index (Phi) is 5.67. The summed E-state index contributed by atoms with van der Waals surface area (Å²) in [7, 11) is 0. The summed E-state index contributed by atoms with van der Waals surface area (Å²) in [6.07, 6.45) is 4.67. The summed E-state index contributed by atoms with van der Waals surface area (Å²) in [4.78, 5) is 16.2. The standard InChI is InChI=1S/C14H23ClN2O2/c1-12(15)9-16(10-13-5-4-8-19-13)11-14(18)17-6-2-3-7-17/h13H,1-11H2/t13-/m0/s1. The number of likely N-dealkylation sites (tertiary alicyclic amines) is 1. The maximum Gasteiger partial charge on any atom is 0.236 e. The molecule has 0 aromatic heterocycles. The summed E-state index contributed by atoms with van der Waals surface area (Å²) in [5.74, 6) is 0.202. The van der Waals surface area contributed by atoms with Crippen molar-refractivity contribution in [3.8, 4) is 0 Å². The molecule has 2 fully saturated rings. The lowest BCUT2D eigenvalue weighted by Crippen LogP contribution is -2.42. The van der Waals surface area contributed by atoms with Crippen molar-refractivity contribution in [1.82, 2.24) is 9.80 Å². The number of nitrogens with zero attached hydrogens (tertiary/aromatic N) is 2. The fourth-order valence-corrected chi connectivity index (χ4v) is 2.93. The fraction of sp³-hybridized carbons (Fsp3) is 0.786. The van der Waals surface area contributed by atoms with Crippen LogP contribution in [0.4, 0.5) is 0 Å². The Morgan fingerprint density at radius 2 is 2.05 bits per heavy atom. The lowest BCUT2D eigenvalue weighted by molar-refractivity contribution is -0.131. The minimum Gasteiger partial charge on any atom is -0.377 e. The molecule has 2 aliphatic heterocycles. The van der Waals surface area contributed by atoms with Gasteiger partial charge in [-0.05, 0) is 25.7 Å². The maximum atomic E-state index is 12.2. The smallest absolute Gasteiger partial charge is 0.236 e. The predicted octanol–water partition coefficient (Wildman–Crippen LogP) is 1.84. The summed E-state index contributed by atoms with van der Waals surface area (Å²) < 4.78 is 5.63. The first-order valence-electron chi connectivity index (χ1n) is 7.10. The molecule has 2 saturated heterocycles. The van der Waals surface area contributed by atoms with Crippen LogP contribution in [-0.4, -0.2) is 61.1 Å². The van der Waals surface area contributed by atoms with Gasteiger partial charge >= 0.3 is 0 Å². The van der Waals surface area contributed by atoms with Crippen LogP contribution in [0.1, 0.15) is 25.7 Å². The van der Waals surface area contributed by atoms with Gasteiger partial charge in [-0.1, -0.05) is 18.2 Å². The Hall–Kier alpha value is -0.580. The van der Waals surface area contributed by atoms with E-state index in [2.05, 4.69) is 11.5 Å². The fourth-order valence-electron chi connectivity index (χ4n) is 2.76. The number of halogens is 1. The zero-order valence-corrected chi connectivity index (χ0v) is 12.2. The lowest BCUT2D eigenvalue weighted by atomic mass is 10.2. The Morgan fingerprint density at radius 3 is 2.63 bits per heavy atom. The molecule has 5 heteroatoms. The van der Waals surface area contributed by atoms with Crippen molar-refractivity contribution >= 4 is 17.5 Å². The molecule has 0 bridgehead atoms. The van der Waals surface area contributed by atoms with Crippen LogP contribution >= 0.6 is 11.6 Å². The minimum atomic E-state index is 0.202. The molecule has 0 radical (unpaired) electrons. The number of carbonyl (C=O) groups is 1. The third kappa shape index (κ3) is 4.79. The van der Waals surface area contributed by atoms with Crippen LogP contribution in [0, 0.1) is 0 Å². The van der Waals surface area contributed by atoms with E-state index < -0.39 is 0 Å². The molecule has 0 aromatic carbocycles. The number of hydrogen-bond acceptors (Lipinski definition) is 3. The van der Waals surface area contributed by atoms with Crippen LogP contribution in [0.2, 0.25) is 0 Å².